The van der Waals surface area contributed by atoms with Crippen molar-refractivity contribution in [2.24, 2.45) is 5.41 Å². The molecule has 2 aromatic heterocycles. The fourth-order valence-corrected chi connectivity index (χ4v) is 5.67. The van der Waals surface area contributed by atoms with E-state index in [1.54, 1.807) is 6.07 Å². The van der Waals surface area contributed by atoms with Gasteiger partial charge < -0.3 is 4.74 Å². The predicted octanol–water partition coefficient (Wildman–Crippen LogP) is 4.48. The standard InChI is InChI=1S/C24H34FN3OS/c1-19-4-5-20(16-26-19)23(2,3)28-11-10-24(18-28,17-27-12-14-29-15-13-27)9-8-21-6-7-22(25)30-21/h4-7,16H,8-15,17-18H2,1-3H3/t24-/m0/s1. The highest BCUT2D eigenvalue weighted by molar-refractivity contribution is 7.10. The molecule has 2 aliphatic rings. The van der Waals surface area contributed by atoms with Gasteiger partial charge >= 0.3 is 0 Å². The molecule has 0 amide bonds. The molecule has 0 radical (unpaired) electrons. The molecule has 1 atom stereocenters. The molecule has 2 fully saturated rings. The lowest BCUT2D eigenvalue weighted by molar-refractivity contribution is 0.0126. The van der Waals surface area contributed by atoms with Crippen LogP contribution in [0.15, 0.2) is 30.5 Å². The van der Waals surface area contributed by atoms with E-state index >= 15 is 0 Å². The van der Waals surface area contributed by atoms with E-state index in [0.29, 0.717) is 0 Å². The van der Waals surface area contributed by atoms with Crippen molar-refractivity contribution >= 4 is 11.3 Å². The summed E-state index contributed by atoms with van der Waals surface area (Å²) in [7, 11) is 0. The van der Waals surface area contributed by atoms with E-state index in [1.807, 2.05) is 19.2 Å². The third kappa shape index (κ3) is 4.93. The molecule has 0 spiro atoms. The summed E-state index contributed by atoms with van der Waals surface area (Å²) in [6, 6.07) is 7.89. The van der Waals surface area contributed by atoms with Gasteiger partial charge in [0.2, 0.25) is 0 Å². The molecule has 30 heavy (non-hydrogen) atoms. The minimum atomic E-state index is -0.0757. The number of hydrogen-bond donors (Lipinski definition) is 0. The zero-order valence-electron chi connectivity index (χ0n) is 18.5. The highest BCUT2D eigenvalue weighted by Crippen LogP contribution is 2.42. The topological polar surface area (TPSA) is 28.6 Å². The normalized spacial score (nSPS) is 23.9. The minimum Gasteiger partial charge on any atom is -0.379 e. The fraction of sp³-hybridized carbons (Fsp3) is 0.625. The van der Waals surface area contributed by atoms with Crippen LogP contribution in [0.3, 0.4) is 0 Å². The van der Waals surface area contributed by atoms with Crippen LogP contribution in [-0.2, 0) is 16.7 Å². The first-order chi connectivity index (χ1) is 14.4. The van der Waals surface area contributed by atoms with Gasteiger partial charge in [0, 0.05) is 48.5 Å². The second-order valence-corrected chi connectivity index (χ2v) is 10.6. The smallest absolute Gasteiger partial charge is 0.176 e. The maximum Gasteiger partial charge on any atom is 0.176 e. The SMILES string of the molecule is Cc1ccc(C(C)(C)N2CC[C@@](CCc3ccc(F)s3)(CN3CCOCC3)C2)cn1. The lowest BCUT2D eigenvalue weighted by Crippen LogP contribution is -2.47. The van der Waals surface area contributed by atoms with Crippen LogP contribution in [0.5, 0.6) is 0 Å². The van der Waals surface area contributed by atoms with Crippen molar-refractivity contribution in [3.8, 4) is 0 Å². The van der Waals surface area contributed by atoms with Gasteiger partial charge in [-0.25, -0.2) is 0 Å². The molecule has 0 N–H and O–H groups in total. The number of nitrogens with zero attached hydrogens (tertiary/aromatic N) is 3. The van der Waals surface area contributed by atoms with Gasteiger partial charge in [-0.05, 0) is 75.8 Å². The number of hydrogen-bond acceptors (Lipinski definition) is 5. The van der Waals surface area contributed by atoms with Gasteiger partial charge in [0.25, 0.3) is 0 Å². The van der Waals surface area contributed by atoms with Crippen LogP contribution in [0.25, 0.3) is 0 Å². The molecule has 164 valence electrons. The molecule has 2 aliphatic heterocycles. The number of halogens is 1. The maximum absolute atomic E-state index is 13.5. The maximum atomic E-state index is 13.5. The molecule has 4 nitrogen and oxygen atoms in total. The Morgan fingerprint density at radius 3 is 2.63 bits per heavy atom. The summed E-state index contributed by atoms with van der Waals surface area (Å²) in [5.41, 5.74) is 2.51. The molecular formula is C24H34FN3OS. The number of likely N-dealkylation sites (tertiary alicyclic amines) is 1. The van der Waals surface area contributed by atoms with Gasteiger partial charge in [0.15, 0.2) is 5.13 Å². The van der Waals surface area contributed by atoms with Crippen LogP contribution in [0.4, 0.5) is 4.39 Å². The van der Waals surface area contributed by atoms with Gasteiger partial charge in [-0.15, -0.1) is 11.3 Å². The van der Waals surface area contributed by atoms with Gasteiger partial charge in [-0.1, -0.05) is 6.07 Å². The van der Waals surface area contributed by atoms with Crippen molar-refractivity contribution in [3.63, 3.8) is 0 Å². The highest BCUT2D eigenvalue weighted by Gasteiger charge is 2.44. The zero-order chi connectivity index (χ0) is 21.2. The predicted molar refractivity (Wildman–Crippen MR) is 120 cm³/mol. The molecule has 4 rings (SSSR count). The Morgan fingerprint density at radius 1 is 1.17 bits per heavy atom. The van der Waals surface area contributed by atoms with Crippen molar-refractivity contribution in [3.05, 3.63) is 51.7 Å². The number of ether oxygens (including phenoxy) is 1. The average molecular weight is 432 g/mol. The summed E-state index contributed by atoms with van der Waals surface area (Å²) in [4.78, 5) is 10.9. The van der Waals surface area contributed by atoms with E-state index in [4.69, 9.17) is 4.74 Å². The van der Waals surface area contributed by atoms with Crippen LogP contribution in [-0.4, -0.2) is 60.7 Å². The number of morpholine rings is 1. The Labute approximate surface area is 184 Å². The van der Waals surface area contributed by atoms with E-state index in [-0.39, 0.29) is 16.1 Å². The molecule has 0 bridgehead atoms. The van der Waals surface area contributed by atoms with Crippen LogP contribution in [0, 0.1) is 17.5 Å². The number of rotatable bonds is 7. The lowest BCUT2D eigenvalue weighted by Gasteiger charge is -2.40. The van der Waals surface area contributed by atoms with Crippen LogP contribution in [0.1, 0.15) is 42.8 Å². The molecular weight excluding hydrogens is 397 g/mol. The van der Waals surface area contributed by atoms with Crippen LogP contribution < -0.4 is 0 Å². The molecule has 0 unspecified atom stereocenters. The molecule has 0 aromatic carbocycles. The number of aryl methyl sites for hydroxylation is 2. The Hall–Kier alpha value is -1.34. The molecule has 6 heteroatoms. The fourth-order valence-electron chi connectivity index (χ4n) is 4.94. The number of pyridine rings is 1. The largest absolute Gasteiger partial charge is 0.379 e. The lowest BCUT2D eigenvalue weighted by atomic mass is 9.81. The van der Waals surface area contributed by atoms with Crippen molar-refractivity contribution in [1.29, 1.82) is 0 Å². The third-order valence-corrected chi connectivity index (χ3v) is 7.97. The highest BCUT2D eigenvalue weighted by atomic mass is 32.1. The summed E-state index contributed by atoms with van der Waals surface area (Å²) in [5.74, 6) is 0. The minimum absolute atomic E-state index is 0.0531. The van der Waals surface area contributed by atoms with E-state index in [0.717, 1.165) is 69.4 Å². The third-order valence-electron chi connectivity index (χ3n) is 7.04. The summed E-state index contributed by atoms with van der Waals surface area (Å²) in [5, 5.41) is -0.0757. The molecule has 2 aromatic rings. The monoisotopic (exact) mass is 431 g/mol. The first-order valence-electron chi connectivity index (χ1n) is 11.1. The Kier molecular flexibility index (Phi) is 6.58. The molecule has 0 aliphatic carbocycles. The van der Waals surface area contributed by atoms with Gasteiger partial charge in [-0.2, -0.15) is 4.39 Å². The van der Waals surface area contributed by atoms with Crippen molar-refractivity contribution in [2.75, 3.05) is 45.9 Å². The van der Waals surface area contributed by atoms with Crippen LogP contribution >= 0.6 is 11.3 Å². The second kappa shape index (κ2) is 9.03. The molecule has 2 saturated heterocycles. The number of aromatic nitrogens is 1. The Morgan fingerprint density at radius 2 is 1.97 bits per heavy atom. The van der Waals surface area contributed by atoms with Crippen molar-refractivity contribution in [2.45, 2.75) is 45.6 Å². The average Bonchev–Trinajstić information content (AvgIpc) is 3.35. The number of thiophene rings is 1. The van der Waals surface area contributed by atoms with E-state index < -0.39 is 0 Å². The molecule has 0 saturated carbocycles. The van der Waals surface area contributed by atoms with Gasteiger partial charge in [0.05, 0.1) is 13.2 Å². The zero-order valence-corrected chi connectivity index (χ0v) is 19.3. The Bertz CT molecular complexity index is 831. The van der Waals surface area contributed by atoms with E-state index in [9.17, 15) is 4.39 Å². The van der Waals surface area contributed by atoms with Gasteiger partial charge in [0.1, 0.15) is 0 Å². The van der Waals surface area contributed by atoms with E-state index in [2.05, 4.69) is 40.8 Å². The quantitative estimate of drug-likeness (QED) is 0.646. The van der Waals surface area contributed by atoms with Crippen LogP contribution in [0.2, 0.25) is 0 Å². The van der Waals surface area contributed by atoms with Crippen molar-refractivity contribution in [1.82, 2.24) is 14.8 Å². The van der Waals surface area contributed by atoms with E-state index in [1.165, 1.54) is 23.3 Å². The first kappa shape index (κ1) is 21.9. The first-order valence-corrected chi connectivity index (χ1v) is 11.9. The summed E-state index contributed by atoms with van der Waals surface area (Å²) in [6.07, 6.45) is 5.27. The van der Waals surface area contributed by atoms with Crippen molar-refractivity contribution < 1.29 is 9.13 Å². The Balaban J connectivity index is 1.51. The summed E-state index contributed by atoms with van der Waals surface area (Å²) >= 11 is 1.30. The van der Waals surface area contributed by atoms with Gasteiger partial charge in [-0.3, -0.25) is 14.8 Å². The summed E-state index contributed by atoms with van der Waals surface area (Å²) in [6.45, 7) is 13.6. The second-order valence-electron chi connectivity index (χ2n) is 9.51. The summed E-state index contributed by atoms with van der Waals surface area (Å²) < 4.78 is 19.1. The molecule has 4 heterocycles.